The number of halogens is 1. The number of pyridine rings is 2. The summed E-state index contributed by atoms with van der Waals surface area (Å²) >= 11 is 7.36. The molecule has 3 heterocycles. The van der Waals surface area contributed by atoms with E-state index in [1.54, 1.807) is 45.3 Å². The second kappa shape index (κ2) is 8.90. The third-order valence-electron chi connectivity index (χ3n) is 3.80. The first-order valence-electron chi connectivity index (χ1n) is 8.83. The Bertz CT molecular complexity index is 1070. The zero-order valence-electron chi connectivity index (χ0n) is 16.8. The molecule has 0 aliphatic heterocycles. The number of carbonyl (C=O) groups is 1. The summed E-state index contributed by atoms with van der Waals surface area (Å²) in [7, 11) is 1.52. The fraction of sp³-hybridized carbons (Fsp3) is 0.316. The highest BCUT2D eigenvalue weighted by Crippen LogP contribution is 2.35. The maximum absolute atomic E-state index is 13.0. The van der Waals surface area contributed by atoms with Crippen LogP contribution in [0.1, 0.15) is 29.9 Å². The second-order valence-corrected chi connectivity index (χ2v) is 8.28. The molecule has 0 aliphatic rings. The standard InChI is InChI=1S/C19H20ClN5O4S/c1-10-7-12(11-5-6-21-8-13(11)28-4)14(15(20)22-10)16(26)23-17-24-25-18(30-17)29-9-19(2,3)27/h5-8,27H,9H2,1-4H3,(H,23,24,26). The van der Waals surface area contributed by atoms with Crippen LogP contribution >= 0.6 is 22.9 Å². The number of nitrogens with zero attached hydrogens (tertiary/aromatic N) is 4. The molecule has 3 rings (SSSR count). The first kappa shape index (κ1) is 21.9. The quantitative estimate of drug-likeness (QED) is 0.527. The molecule has 2 N–H and O–H groups in total. The van der Waals surface area contributed by atoms with Gasteiger partial charge in [-0.3, -0.25) is 15.1 Å². The van der Waals surface area contributed by atoms with Crippen LogP contribution in [0, 0.1) is 6.92 Å². The van der Waals surface area contributed by atoms with Crippen LogP contribution in [0.25, 0.3) is 11.1 Å². The van der Waals surface area contributed by atoms with Gasteiger partial charge in [-0.2, -0.15) is 0 Å². The lowest BCUT2D eigenvalue weighted by Gasteiger charge is -2.15. The van der Waals surface area contributed by atoms with Crippen LogP contribution in [0.4, 0.5) is 5.13 Å². The summed E-state index contributed by atoms with van der Waals surface area (Å²) in [5.74, 6) is -0.0158. The van der Waals surface area contributed by atoms with Gasteiger partial charge in [0.05, 0.1) is 24.5 Å². The Labute approximate surface area is 182 Å². The molecule has 11 heteroatoms. The monoisotopic (exact) mass is 449 g/mol. The predicted molar refractivity (Wildman–Crippen MR) is 113 cm³/mol. The molecule has 158 valence electrons. The van der Waals surface area contributed by atoms with Gasteiger partial charge in [-0.1, -0.05) is 16.7 Å². The minimum atomic E-state index is -1.02. The molecule has 0 saturated carbocycles. The van der Waals surface area contributed by atoms with Crippen molar-refractivity contribution in [3.8, 4) is 22.1 Å². The van der Waals surface area contributed by atoms with Gasteiger partial charge in [-0.15, -0.1) is 5.10 Å². The zero-order valence-corrected chi connectivity index (χ0v) is 18.3. The van der Waals surface area contributed by atoms with Crippen molar-refractivity contribution in [3.05, 3.63) is 40.9 Å². The lowest BCUT2D eigenvalue weighted by Crippen LogP contribution is -2.27. The zero-order chi connectivity index (χ0) is 21.9. The van der Waals surface area contributed by atoms with E-state index in [1.165, 1.54) is 7.11 Å². The largest absolute Gasteiger partial charge is 0.494 e. The van der Waals surface area contributed by atoms with Gasteiger partial charge in [0, 0.05) is 23.0 Å². The first-order valence-corrected chi connectivity index (χ1v) is 10.0. The number of amides is 1. The number of hydrogen-bond acceptors (Lipinski definition) is 9. The van der Waals surface area contributed by atoms with E-state index in [1.807, 2.05) is 0 Å². The van der Waals surface area contributed by atoms with Crippen molar-refractivity contribution in [2.75, 3.05) is 19.0 Å². The van der Waals surface area contributed by atoms with Crippen LogP contribution in [0.15, 0.2) is 24.5 Å². The van der Waals surface area contributed by atoms with E-state index in [9.17, 15) is 9.90 Å². The molecule has 0 aliphatic carbocycles. The number of rotatable bonds is 7. The number of aromatic nitrogens is 4. The molecule has 0 aromatic carbocycles. The molecule has 0 unspecified atom stereocenters. The summed E-state index contributed by atoms with van der Waals surface area (Å²) in [5, 5.41) is 20.6. The Morgan fingerprint density at radius 3 is 2.80 bits per heavy atom. The molecule has 0 radical (unpaired) electrons. The molecule has 1 amide bonds. The Kier molecular flexibility index (Phi) is 6.49. The minimum Gasteiger partial charge on any atom is -0.494 e. The van der Waals surface area contributed by atoms with E-state index >= 15 is 0 Å². The van der Waals surface area contributed by atoms with Gasteiger partial charge in [0.2, 0.25) is 5.13 Å². The Balaban J connectivity index is 1.91. The molecule has 0 spiro atoms. The maximum atomic E-state index is 13.0. The molecule has 30 heavy (non-hydrogen) atoms. The third-order valence-corrected chi connectivity index (χ3v) is 4.83. The number of carbonyl (C=O) groups excluding carboxylic acids is 1. The smallest absolute Gasteiger partial charge is 0.295 e. The van der Waals surface area contributed by atoms with Crippen LogP contribution in [-0.2, 0) is 0 Å². The Morgan fingerprint density at radius 2 is 2.10 bits per heavy atom. The van der Waals surface area contributed by atoms with Crippen LogP contribution in [-0.4, -0.2) is 50.5 Å². The SMILES string of the molecule is COc1cnccc1-c1cc(C)nc(Cl)c1C(=O)Nc1nnc(OCC(C)(C)O)s1. The molecule has 0 saturated heterocycles. The van der Waals surface area contributed by atoms with E-state index in [-0.39, 0.29) is 27.6 Å². The van der Waals surface area contributed by atoms with Crippen molar-refractivity contribution in [3.63, 3.8) is 0 Å². The van der Waals surface area contributed by atoms with E-state index in [2.05, 4.69) is 25.5 Å². The number of anilines is 1. The molecular weight excluding hydrogens is 430 g/mol. The van der Waals surface area contributed by atoms with E-state index in [0.29, 0.717) is 22.6 Å². The summed E-state index contributed by atoms with van der Waals surface area (Å²) in [6, 6.07) is 3.48. The molecule has 0 atom stereocenters. The number of aryl methyl sites for hydroxylation is 1. The molecule has 3 aromatic rings. The Hall–Kier alpha value is -2.82. The molecular formula is C19H20ClN5O4S. The fourth-order valence-electron chi connectivity index (χ4n) is 2.55. The maximum Gasteiger partial charge on any atom is 0.295 e. The van der Waals surface area contributed by atoms with Gasteiger partial charge in [0.15, 0.2) is 0 Å². The Morgan fingerprint density at radius 1 is 1.33 bits per heavy atom. The molecule has 9 nitrogen and oxygen atoms in total. The lowest BCUT2D eigenvalue weighted by molar-refractivity contribution is 0.0281. The predicted octanol–water partition coefficient (Wildman–Crippen LogP) is 3.37. The topological polar surface area (TPSA) is 119 Å². The minimum absolute atomic E-state index is 0.0370. The van der Waals surface area contributed by atoms with Crippen LogP contribution in [0.2, 0.25) is 5.15 Å². The van der Waals surface area contributed by atoms with Crippen molar-refractivity contribution in [2.24, 2.45) is 0 Å². The average molecular weight is 450 g/mol. The van der Waals surface area contributed by atoms with Gasteiger partial charge >= 0.3 is 0 Å². The van der Waals surface area contributed by atoms with Gasteiger partial charge in [0.25, 0.3) is 11.1 Å². The van der Waals surface area contributed by atoms with Gasteiger partial charge in [-0.25, -0.2) is 4.98 Å². The average Bonchev–Trinajstić information content (AvgIpc) is 3.12. The number of ether oxygens (including phenoxy) is 2. The summed E-state index contributed by atoms with van der Waals surface area (Å²) < 4.78 is 10.8. The van der Waals surface area contributed by atoms with Gasteiger partial charge in [-0.05, 0) is 44.2 Å². The van der Waals surface area contributed by atoms with Crippen molar-refractivity contribution in [1.29, 1.82) is 0 Å². The summed E-state index contributed by atoms with van der Waals surface area (Å²) in [5.41, 5.74) is 0.989. The lowest BCUT2D eigenvalue weighted by atomic mass is 10.0. The fourth-order valence-corrected chi connectivity index (χ4v) is 3.46. The van der Waals surface area contributed by atoms with Crippen molar-refractivity contribution >= 4 is 34.0 Å². The van der Waals surface area contributed by atoms with Crippen LogP contribution in [0.3, 0.4) is 0 Å². The third kappa shape index (κ3) is 5.21. The van der Waals surface area contributed by atoms with E-state index in [4.69, 9.17) is 21.1 Å². The normalized spacial score (nSPS) is 11.3. The van der Waals surface area contributed by atoms with Crippen molar-refractivity contribution in [2.45, 2.75) is 26.4 Å². The van der Waals surface area contributed by atoms with Gasteiger partial charge < -0.3 is 14.6 Å². The molecule has 0 fully saturated rings. The van der Waals surface area contributed by atoms with Crippen molar-refractivity contribution < 1.29 is 19.4 Å². The highest BCUT2D eigenvalue weighted by atomic mass is 35.5. The first-order chi connectivity index (χ1) is 14.2. The summed E-state index contributed by atoms with van der Waals surface area (Å²) in [4.78, 5) is 21.3. The van der Waals surface area contributed by atoms with Crippen molar-refractivity contribution in [1.82, 2.24) is 20.2 Å². The highest BCUT2D eigenvalue weighted by Gasteiger charge is 2.23. The second-order valence-electron chi connectivity index (χ2n) is 6.98. The summed E-state index contributed by atoms with van der Waals surface area (Å²) in [6.07, 6.45) is 3.15. The summed E-state index contributed by atoms with van der Waals surface area (Å²) in [6.45, 7) is 5.03. The van der Waals surface area contributed by atoms with E-state index in [0.717, 1.165) is 11.3 Å². The molecule has 3 aromatic heterocycles. The molecule has 0 bridgehead atoms. The van der Waals surface area contributed by atoms with Crippen LogP contribution in [0.5, 0.6) is 10.9 Å². The number of methoxy groups -OCH3 is 1. The number of nitrogens with one attached hydrogen (secondary N) is 1. The number of hydrogen-bond donors (Lipinski definition) is 2. The van der Waals surface area contributed by atoms with Crippen LogP contribution < -0.4 is 14.8 Å². The van der Waals surface area contributed by atoms with Gasteiger partial charge in [0.1, 0.15) is 17.5 Å². The number of aliphatic hydroxyl groups is 1. The van der Waals surface area contributed by atoms with E-state index < -0.39 is 11.5 Å². The highest BCUT2D eigenvalue weighted by molar-refractivity contribution is 7.17.